The maximum atomic E-state index is 14.0. The minimum Gasteiger partial charge on any atom is -0.385 e. The standard InChI is InChI=1S/C16H12F3NO3S2/c1-25(22,23)16-13-8(5-11(19)14(13)21)15(24-16)20-3-2-7-4-9(17)10(18)6-12(7)20/h2-4,6,11,14,21H,5H2,1H3/t11-,14-/m1/s1. The number of hydrogen-bond acceptors (Lipinski definition) is 4. The summed E-state index contributed by atoms with van der Waals surface area (Å²) in [6.07, 6.45) is -0.723. The van der Waals surface area contributed by atoms with Gasteiger partial charge < -0.3 is 9.67 Å². The van der Waals surface area contributed by atoms with Gasteiger partial charge in [0.1, 0.15) is 21.5 Å². The fourth-order valence-corrected chi connectivity index (χ4v) is 5.79. The molecule has 1 aromatic carbocycles. The predicted molar refractivity (Wildman–Crippen MR) is 87.7 cm³/mol. The lowest BCUT2D eigenvalue weighted by molar-refractivity contribution is 0.0910. The van der Waals surface area contributed by atoms with Crippen LogP contribution in [-0.2, 0) is 16.3 Å². The number of fused-ring (bicyclic) bond motifs is 2. The maximum Gasteiger partial charge on any atom is 0.185 e. The topological polar surface area (TPSA) is 59.3 Å². The molecule has 1 N–H and O–H groups in total. The number of aliphatic hydroxyl groups is 1. The lowest BCUT2D eigenvalue weighted by Gasteiger charge is -2.07. The van der Waals surface area contributed by atoms with Crippen LogP contribution in [0.1, 0.15) is 17.2 Å². The van der Waals surface area contributed by atoms with Gasteiger partial charge in [0.15, 0.2) is 21.5 Å². The van der Waals surface area contributed by atoms with Crippen molar-refractivity contribution in [1.29, 1.82) is 0 Å². The van der Waals surface area contributed by atoms with Gasteiger partial charge in [-0.15, -0.1) is 11.3 Å². The monoisotopic (exact) mass is 387 g/mol. The molecule has 4 nitrogen and oxygen atoms in total. The molecule has 2 heterocycles. The first-order chi connectivity index (χ1) is 11.7. The van der Waals surface area contributed by atoms with Crippen molar-refractivity contribution < 1.29 is 26.7 Å². The summed E-state index contributed by atoms with van der Waals surface area (Å²) in [5.41, 5.74) is 0.784. The fraction of sp³-hybridized carbons (Fsp3) is 0.250. The third-order valence-corrected chi connectivity index (χ3v) is 7.41. The van der Waals surface area contributed by atoms with Gasteiger partial charge in [0, 0.05) is 35.9 Å². The number of thiophene rings is 1. The summed E-state index contributed by atoms with van der Waals surface area (Å²) in [7, 11) is -3.68. The molecule has 0 saturated heterocycles. The highest BCUT2D eigenvalue weighted by atomic mass is 32.2. The van der Waals surface area contributed by atoms with Crippen molar-refractivity contribution >= 4 is 32.1 Å². The summed E-state index contributed by atoms with van der Waals surface area (Å²) >= 11 is 0.889. The van der Waals surface area contributed by atoms with Gasteiger partial charge in [-0.25, -0.2) is 21.6 Å². The zero-order valence-corrected chi connectivity index (χ0v) is 14.5. The van der Waals surface area contributed by atoms with E-state index in [9.17, 15) is 26.7 Å². The Morgan fingerprint density at radius 2 is 1.96 bits per heavy atom. The van der Waals surface area contributed by atoms with Crippen LogP contribution in [0, 0.1) is 11.6 Å². The number of rotatable bonds is 2. The van der Waals surface area contributed by atoms with Gasteiger partial charge in [-0.2, -0.15) is 0 Å². The molecular formula is C16H12F3NO3S2. The molecule has 0 aliphatic heterocycles. The number of aliphatic hydroxyl groups excluding tert-OH is 1. The van der Waals surface area contributed by atoms with Crippen molar-refractivity contribution in [3.63, 3.8) is 0 Å². The highest BCUT2D eigenvalue weighted by Crippen LogP contribution is 2.47. The van der Waals surface area contributed by atoms with Gasteiger partial charge in [0.2, 0.25) is 0 Å². The molecular weight excluding hydrogens is 375 g/mol. The molecule has 0 amide bonds. The Morgan fingerprint density at radius 1 is 1.28 bits per heavy atom. The molecule has 25 heavy (non-hydrogen) atoms. The van der Waals surface area contributed by atoms with E-state index in [1.165, 1.54) is 4.57 Å². The number of hydrogen-bond donors (Lipinski definition) is 1. The van der Waals surface area contributed by atoms with E-state index in [2.05, 4.69) is 0 Å². The molecule has 2 atom stereocenters. The van der Waals surface area contributed by atoms with Crippen LogP contribution in [-0.4, -0.2) is 30.5 Å². The highest BCUT2D eigenvalue weighted by molar-refractivity contribution is 7.92. The molecule has 0 fully saturated rings. The van der Waals surface area contributed by atoms with Crippen molar-refractivity contribution in [3.8, 4) is 5.00 Å². The molecule has 1 aliphatic rings. The fourth-order valence-electron chi connectivity index (χ4n) is 3.20. The first-order valence-corrected chi connectivity index (χ1v) is 10.0. The van der Waals surface area contributed by atoms with Crippen molar-refractivity contribution in [2.75, 3.05) is 6.26 Å². The number of halogens is 3. The predicted octanol–water partition coefficient (Wildman–Crippen LogP) is 3.30. The highest BCUT2D eigenvalue weighted by Gasteiger charge is 2.40. The van der Waals surface area contributed by atoms with E-state index in [1.807, 2.05) is 0 Å². The third-order valence-electron chi connectivity index (χ3n) is 4.32. The number of aromatic nitrogens is 1. The van der Waals surface area contributed by atoms with Gasteiger partial charge >= 0.3 is 0 Å². The number of alkyl halides is 1. The molecule has 9 heteroatoms. The lowest BCUT2D eigenvalue weighted by Crippen LogP contribution is -2.09. The molecule has 0 bridgehead atoms. The molecule has 0 saturated carbocycles. The van der Waals surface area contributed by atoms with E-state index >= 15 is 0 Å². The average molecular weight is 387 g/mol. The number of sulfone groups is 1. The molecule has 0 radical (unpaired) electrons. The summed E-state index contributed by atoms with van der Waals surface area (Å²) in [5, 5.41) is 10.9. The van der Waals surface area contributed by atoms with Crippen LogP contribution in [0.3, 0.4) is 0 Å². The van der Waals surface area contributed by atoms with Gasteiger partial charge in [-0.05, 0) is 17.7 Å². The molecule has 0 unspecified atom stereocenters. The van der Waals surface area contributed by atoms with E-state index in [1.54, 1.807) is 12.3 Å². The Kier molecular flexibility index (Phi) is 3.54. The minimum atomic E-state index is -3.68. The third kappa shape index (κ3) is 2.41. The van der Waals surface area contributed by atoms with Crippen LogP contribution >= 0.6 is 11.3 Å². The number of nitrogens with zero attached hydrogens (tertiary/aromatic N) is 1. The summed E-state index contributed by atoms with van der Waals surface area (Å²) in [5.74, 6) is -2.02. The first-order valence-electron chi connectivity index (χ1n) is 7.32. The number of benzene rings is 1. The second kappa shape index (κ2) is 5.33. The summed E-state index contributed by atoms with van der Waals surface area (Å²) in [6.45, 7) is 0. The van der Waals surface area contributed by atoms with Crippen LogP contribution < -0.4 is 0 Å². The summed E-state index contributed by atoms with van der Waals surface area (Å²) in [4.78, 5) is 0. The normalized spacial score (nSPS) is 20.4. The van der Waals surface area contributed by atoms with Crippen molar-refractivity contribution in [3.05, 3.63) is 47.2 Å². The maximum absolute atomic E-state index is 14.0. The van der Waals surface area contributed by atoms with Crippen LogP contribution in [0.5, 0.6) is 0 Å². The van der Waals surface area contributed by atoms with Gasteiger partial charge in [0.25, 0.3) is 0 Å². The Bertz CT molecular complexity index is 1120. The second-order valence-electron chi connectivity index (χ2n) is 6.03. The van der Waals surface area contributed by atoms with Crippen LogP contribution in [0.4, 0.5) is 13.2 Å². The van der Waals surface area contributed by atoms with E-state index in [-0.39, 0.29) is 16.2 Å². The zero-order chi connectivity index (χ0) is 18.1. The van der Waals surface area contributed by atoms with Gasteiger partial charge in [-0.1, -0.05) is 0 Å². The molecule has 2 aromatic heterocycles. The molecule has 1 aliphatic carbocycles. The zero-order valence-electron chi connectivity index (χ0n) is 12.8. The second-order valence-corrected chi connectivity index (χ2v) is 9.24. The minimum absolute atomic E-state index is 0.0689. The van der Waals surface area contributed by atoms with Crippen LogP contribution in [0.15, 0.2) is 28.6 Å². The lowest BCUT2D eigenvalue weighted by atomic mass is 10.2. The SMILES string of the molecule is CS(=O)(=O)c1sc(-n2ccc3cc(F)c(F)cc32)c2c1[C@H](O)[C@H](F)C2. The smallest absolute Gasteiger partial charge is 0.185 e. The first kappa shape index (κ1) is 16.6. The molecule has 4 rings (SSSR count). The van der Waals surface area contributed by atoms with E-state index < -0.39 is 33.7 Å². The van der Waals surface area contributed by atoms with E-state index in [0.717, 1.165) is 29.7 Å². The van der Waals surface area contributed by atoms with Crippen molar-refractivity contribution in [2.24, 2.45) is 0 Å². The molecule has 132 valence electrons. The van der Waals surface area contributed by atoms with Gasteiger partial charge in [-0.3, -0.25) is 0 Å². The van der Waals surface area contributed by atoms with Crippen molar-refractivity contribution in [1.82, 2.24) is 4.57 Å². The quantitative estimate of drug-likeness (QED) is 0.734. The summed E-state index contributed by atoms with van der Waals surface area (Å²) in [6, 6.07) is 3.61. The van der Waals surface area contributed by atoms with E-state index in [4.69, 9.17) is 0 Å². The Morgan fingerprint density at radius 3 is 2.64 bits per heavy atom. The van der Waals surface area contributed by atoms with Crippen molar-refractivity contribution in [2.45, 2.75) is 22.9 Å². The van der Waals surface area contributed by atoms with Crippen LogP contribution in [0.25, 0.3) is 15.9 Å². The van der Waals surface area contributed by atoms with E-state index in [0.29, 0.717) is 21.5 Å². The summed E-state index contributed by atoms with van der Waals surface area (Å²) < 4.78 is 66.5. The Balaban J connectivity index is 2.03. The van der Waals surface area contributed by atoms with Crippen LogP contribution in [0.2, 0.25) is 0 Å². The van der Waals surface area contributed by atoms with Gasteiger partial charge in [0.05, 0.1) is 5.52 Å². The molecule has 0 spiro atoms. The Hall–Kier alpha value is -1.84. The Labute approximate surface area is 145 Å². The largest absolute Gasteiger partial charge is 0.385 e. The average Bonchev–Trinajstić information content (AvgIpc) is 3.15. The molecule has 3 aromatic rings.